The number of benzene rings is 2. The van der Waals surface area contributed by atoms with Crippen LogP contribution in [0.4, 0.5) is 5.13 Å². The molecule has 0 aliphatic carbocycles. The van der Waals surface area contributed by atoms with E-state index in [-0.39, 0.29) is 16.4 Å². The van der Waals surface area contributed by atoms with Crippen LogP contribution in [0.3, 0.4) is 0 Å². The zero-order chi connectivity index (χ0) is 28.8. The third kappa shape index (κ3) is 5.56. The van der Waals surface area contributed by atoms with E-state index in [2.05, 4.69) is 10.3 Å². The predicted molar refractivity (Wildman–Crippen MR) is 152 cm³/mol. The number of rotatable bonds is 7. The second-order valence-electron chi connectivity index (χ2n) is 9.41. The Bertz CT molecular complexity index is 1860. The van der Waals surface area contributed by atoms with Gasteiger partial charge in [0.25, 0.3) is 5.91 Å². The number of hydrogen-bond donors (Lipinski definition) is 2. The number of anilines is 1. The minimum absolute atomic E-state index is 0.0145. The third-order valence-corrected chi connectivity index (χ3v) is 9.32. The molecule has 5 rings (SSSR count). The number of amides is 2. The van der Waals surface area contributed by atoms with Gasteiger partial charge in [0.2, 0.25) is 26.0 Å². The SMILES string of the molecule is Cc1cc(C(=O)N2CC[C@H]2C(=O)Nc2nc(-c3cccc(-c4cccc(S(N)(=O)=O)c4)c3)cs2)cn1S(C)(=O)=O. The highest BCUT2D eigenvalue weighted by molar-refractivity contribution is 7.89. The zero-order valence-electron chi connectivity index (χ0n) is 21.4. The van der Waals surface area contributed by atoms with E-state index in [1.807, 2.05) is 24.3 Å². The molecule has 0 unspecified atom stereocenters. The fourth-order valence-corrected chi connectivity index (χ4v) is 6.62. The van der Waals surface area contributed by atoms with Gasteiger partial charge in [-0.2, -0.15) is 0 Å². The number of thiazole rings is 1. The van der Waals surface area contributed by atoms with Crippen LogP contribution in [0.25, 0.3) is 22.4 Å². The average molecular weight is 600 g/mol. The monoisotopic (exact) mass is 599 g/mol. The lowest BCUT2D eigenvalue weighted by Crippen LogP contribution is -2.56. The molecule has 40 heavy (non-hydrogen) atoms. The number of aryl methyl sites for hydroxylation is 1. The Kier molecular flexibility index (Phi) is 7.12. The molecule has 14 heteroatoms. The van der Waals surface area contributed by atoms with Gasteiger partial charge in [-0.15, -0.1) is 11.3 Å². The topological polar surface area (TPSA) is 162 Å². The maximum Gasteiger partial charge on any atom is 0.256 e. The van der Waals surface area contributed by atoms with Crippen molar-refractivity contribution in [1.82, 2.24) is 13.9 Å². The maximum absolute atomic E-state index is 13.0. The first kappa shape index (κ1) is 27.7. The summed E-state index contributed by atoms with van der Waals surface area (Å²) >= 11 is 1.23. The Labute approximate surface area is 235 Å². The first-order valence-electron chi connectivity index (χ1n) is 12.0. The molecule has 0 bridgehead atoms. The van der Waals surface area contributed by atoms with Gasteiger partial charge < -0.3 is 10.2 Å². The van der Waals surface area contributed by atoms with Crippen LogP contribution in [0.2, 0.25) is 0 Å². The first-order chi connectivity index (χ1) is 18.8. The smallest absolute Gasteiger partial charge is 0.256 e. The minimum Gasteiger partial charge on any atom is -0.326 e. The van der Waals surface area contributed by atoms with Crippen molar-refractivity contribution in [1.29, 1.82) is 0 Å². The van der Waals surface area contributed by atoms with Crippen LogP contribution in [-0.4, -0.2) is 61.3 Å². The molecule has 1 aliphatic rings. The van der Waals surface area contributed by atoms with Gasteiger partial charge >= 0.3 is 0 Å². The van der Waals surface area contributed by atoms with E-state index in [9.17, 15) is 26.4 Å². The Morgan fingerprint density at radius 3 is 2.33 bits per heavy atom. The Morgan fingerprint density at radius 1 is 1.02 bits per heavy atom. The summed E-state index contributed by atoms with van der Waals surface area (Å²) in [5.41, 5.74) is 3.43. The lowest BCUT2D eigenvalue weighted by molar-refractivity contribution is -0.123. The zero-order valence-corrected chi connectivity index (χ0v) is 23.9. The summed E-state index contributed by atoms with van der Waals surface area (Å²) in [6.07, 6.45) is 2.80. The van der Waals surface area contributed by atoms with Gasteiger partial charge in [0.15, 0.2) is 5.13 Å². The largest absolute Gasteiger partial charge is 0.326 e. The summed E-state index contributed by atoms with van der Waals surface area (Å²) in [7, 11) is -7.39. The van der Waals surface area contributed by atoms with Crippen molar-refractivity contribution in [2.45, 2.75) is 24.3 Å². The summed E-state index contributed by atoms with van der Waals surface area (Å²) in [5, 5.41) is 10.2. The van der Waals surface area contributed by atoms with Crippen LogP contribution < -0.4 is 10.5 Å². The van der Waals surface area contributed by atoms with E-state index in [0.717, 1.165) is 21.4 Å². The molecule has 11 nitrogen and oxygen atoms in total. The molecular weight excluding hydrogens is 575 g/mol. The van der Waals surface area contributed by atoms with E-state index >= 15 is 0 Å². The van der Waals surface area contributed by atoms with Gasteiger partial charge in [-0.25, -0.2) is 30.9 Å². The molecule has 4 aromatic rings. The van der Waals surface area contributed by atoms with Crippen molar-refractivity contribution in [3.8, 4) is 22.4 Å². The molecular formula is C26H25N5O6S3. The van der Waals surface area contributed by atoms with Crippen molar-refractivity contribution in [2.24, 2.45) is 5.14 Å². The molecule has 0 radical (unpaired) electrons. The molecule has 3 N–H and O–H groups in total. The van der Waals surface area contributed by atoms with Crippen molar-refractivity contribution < 1.29 is 26.4 Å². The Balaban J connectivity index is 1.29. The summed E-state index contributed by atoms with van der Waals surface area (Å²) in [6.45, 7) is 1.97. The molecule has 0 saturated carbocycles. The fourth-order valence-electron chi connectivity index (χ4n) is 4.46. The van der Waals surface area contributed by atoms with Crippen molar-refractivity contribution in [2.75, 3.05) is 18.1 Å². The predicted octanol–water partition coefficient (Wildman–Crippen LogP) is 2.90. The maximum atomic E-state index is 13.0. The molecule has 2 amide bonds. The molecule has 1 fully saturated rings. The number of carbonyl (C=O) groups excluding carboxylic acids is 2. The number of sulfonamides is 1. The third-order valence-electron chi connectivity index (χ3n) is 6.54. The van der Waals surface area contributed by atoms with Gasteiger partial charge in [0, 0.05) is 29.4 Å². The number of nitrogens with one attached hydrogen (secondary N) is 1. The van der Waals surface area contributed by atoms with Crippen LogP contribution in [0.5, 0.6) is 0 Å². The molecule has 208 valence electrons. The van der Waals surface area contributed by atoms with Gasteiger partial charge in [-0.3, -0.25) is 9.59 Å². The number of nitrogens with zero attached hydrogens (tertiary/aromatic N) is 3. The lowest BCUT2D eigenvalue weighted by atomic mass is 10.0. The summed E-state index contributed by atoms with van der Waals surface area (Å²) in [6, 6.07) is 14.5. The van der Waals surface area contributed by atoms with Gasteiger partial charge in [0.1, 0.15) is 6.04 Å². The molecule has 1 saturated heterocycles. The summed E-state index contributed by atoms with van der Waals surface area (Å²) < 4.78 is 48.3. The van der Waals surface area contributed by atoms with Gasteiger partial charge in [0.05, 0.1) is 22.4 Å². The molecule has 2 aromatic heterocycles. The van der Waals surface area contributed by atoms with Crippen LogP contribution >= 0.6 is 11.3 Å². The summed E-state index contributed by atoms with van der Waals surface area (Å²) in [4.78, 5) is 31.9. The molecule has 2 aromatic carbocycles. The molecule has 0 spiro atoms. The Hall–Kier alpha value is -3.85. The summed E-state index contributed by atoms with van der Waals surface area (Å²) in [5.74, 6) is -0.798. The van der Waals surface area contributed by atoms with Crippen LogP contribution in [0.15, 0.2) is 71.1 Å². The number of carbonyl (C=O) groups is 2. The van der Waals surface area contributed by atoms with E-state index < -0.39 is 32.0 Å². The number of hydrogen-bond acceptors (Lipinski definition) is 8. The van der Waals surface area contributed by atoms with Crippen molar-refractivity contribution in [3.63, 3.8) is 0 Å². The normalized spacial score (nSPS) is 15.5. The quantitative estimate of drug-likeness (QED) is 0.330. The highest BCUT2D eigenvalue weighted by atomic mass is 32.2. The van der Waals surface area contributed by atoms with Crippen LogP contribution in [0.1, 0.15) is 22.5 Å². The highest BCUT2D eigenvalue weighted by Crippen LogP contribution is 2.30. The standard InChI is InChI=1S/C26H25N5O6S3/c1-16-11-20(14-31(16)39(2,34)35)25(33)30-10-9-23(30)24(32)29-26-28-22(15-38-26)19-7-3-5-17(12-19)18-6-4-8-21(13-18)40(27,36)37/h3-8,11-15,23H,9-10H2,1-2H3,(H2,27,36,37)(H,28,29,32)/t23-/m0/s1. The number of likely N-dealkylation sites (tertiary alicyclic amines) is 1. The minimum atomic E-state index is -3.84. The number of primary sulfonamides is 1. The second-order valence-corrected chi connectivity index (χ2v) is 13.7. The average Bonchev–Trinajstić information content (AvgIpc) is 3.49. The lowest BCUT2D eigenvalue weighted by Gasteiger charge is -2.39. The van der Waals surface area contributed by atoms with Gasteiger partial charge in [-0.1, -0.05) is 30.3 Å². The van der Waals surface area contributed by atoms with Crippen molar-refractivity contribution in [3.05, 3.63) is 77.4 Å². The fraction of sp³-hybridized carbons (Fsp3) is 0.192. The number of nitrogens with two attached hydrogens (primary N) is 1. The van der Waals surface area contributed by atoms with E-state index in [0.29, 0.717) is 35.0 Å². The Morgan fingerprint density at radius 2 is 1.70 bits per heavy atom. The first-order valence-corrected chi connectivity index (χ1v) is 16.3. The highest BCUT2D eigenvalue weighted by Gasteiger charge is 2.38. The molecule has 1 aliphatic heterocycles. The van der Waals surface area contributed by atoms with Crippen LogP contribution in [0, 0.1) is 6.92 Å². The van der Waals surface area contributed by atoms with Crippen LogP contribution in [-0.2, 0) is 24.8 Å². The van der Waals surface area contributed by atoms with Crippen molar-refractivity contribution >= 4 is 48.3 Å². The van der Waals surface area contributed by atoms with Gasteiger partial charge in [-0.05, 0) is 48.7 Å². The molecule has 1 atom stereocenters. The molecule has 3 heterocycles. The second kappa shape index (κ2) is 10.3. The van der Waals surface area contributed by atoms with E-state index in [4.69, 9.17) is 5.14 Å². The van der Waals surface area contributed by atoms with E-state index in [1.54, 1.807) is 24.4 Å². The number of aromatic nitrogens is 2. The van der Waals surface area contributed by atoms with E-state index in [1.165, 1.54) is 40.6 Å².